The molecule has 17 heteroatoms. The minimum Gasteiger partial charge on any atom is -0.387 e. The van der Waals surface area contributed by atoms with E-state index in [-0.39, 0.29) is 49.1 Å². The van der Waals surface area contributed by atoms with Gasteiger partial charge in [-0.1, -0.05) is 27.7 Å². The van der Waals surface area contributed by atoms with Crippen LogP contribution in [0.4, 0.5) is 0 Å². The van der Waals surface area contributed by atoms with Gasteiger partial charge in [-0.25, -0.2) is 0 Å². The van der Waals surface area contributed by atoms with E-state index in [1.54, 1.807) is 0 Å². The molecule has 0 amide bonds. The fourth-order valence-electron chi connectivity index (χ4n) is 9.14. The van der Waals surface area contributed by atoms with E-state index in [1.807, 2.05) is 55.4 Å². The third-order valence-corrected chi connectivity index (χ3v) is 12.2. The lowest BCUT2D eigenvalue weighted by Crippen LogP contribution is -2.67. The van der Waals surface area contributed by atoms with Crippen molar-refractivity contribution in [1.29, 1.82) is 0 Å². The third kappa shape index (κ3) is 7.70. The predicted octanol–water partition coefficient (Wildman–Crippen LogP) is 0.985. The molecule has 2 N–H and O–H groups in total. The number of fused-ring (bicyclic) bond motifs is 4. The Morgan fingerprint density at radius 1 is 0.377 bits per heavy atom. The van der Waals surface area contributed by atoms with E-state index in [1.165, 1.54) is 0 Å². The van der Waals surface area contributed by atoms with Crippen molar-refractivity contribution in [2.75, 3.05) is 26.4 Å². The Labute approximate surface area is 310 Å². The molecular weight excluding hydrogens is 704 g/mol. The Kier molecular flexibility index (Phi) is 11.8. The van der Waals surface area contributed by atoms with Gasteiger partial charge in [-0.2, -0.15) is 0 Å². The standard InChI is InChI=1S/C36H58O17/c1-13-25(37)34(48-22-10-40-17(5)43-26(13)22)52-31-15(3)28-24(12-42-19(7)45-28)50-36(31)53-32-16(4)29-23(11-41-20(8)46-29)49-35(32)51-30-14(2)27-21(47-33(30)38)9-39-18(6)44-27/h13-38H,9-12H2,1-8H3/t13-,14+,15+,16+,17?,18?,19?,20?,21?,22?,23?,24?,25?,26+,27+,28+,29+,30?,31?,32?,33?,34+,35+,36+/m1/s1. The van der Waals surface area contributed by atoms with Crippen molar-refractivity contribution in [3.05, 3.63) is 0 Å². The summed E-state index contributed by atoms with van der Waals surface area (Å²) in [5.41, 5.74) is 0. The van der Waals surface area contributed by atoms with Gasteiger partial charge in [-0.3, -0.25) is 0 Å². The van der Waals surface area contributed by atoms with Gasteiger partial charge in [-0.05, 0) is 27.7 Å². The molecule has 8 heterocycles. The summed E-state index contributed by atoms with van der Waals surface area (Å²) in [4.78, 5) is 0. The summed E-state index contributed by atoms with van der Waals surface area (Å²) < 4.78 is 93.4. The maximum atomic E-state index is 11.5. The predicted molar refractivity (Wildman–Crippen MR) is 175 cm³/mol. The first-order valence-corrected chi connectivity index (χ1v) is 19.4. The van der Waals surface area contributed by atoms with Crippen LogP contribution in [0.25, 0.3) is 0 Å². The minimum atomic E-state index is -1.28. The minimum absolute atomic E-state index is 0.284. The largest absolute Gasteiger partial charge is 0.387 e. The highest BCUT2D eigenvalue weighted by atomic mass is 16.8. The normalized spacial score (nSPS) is 57.4. The Morgan fingerprint density at radius 3 is 1.13 bits per heavy atom. The van der Waals surface area contributed by atoms with Crippen LogP contribution in [-0.2, 0) is 71.1 Å². The van der Waals surface area contributed by atoms with Crippen LogP contribution >= 0.6 is 0 Å². The summed E-state index contributed by atoms with van der Waals surface area (Å²) in [6.45, 7) is 16.4. The summed E-state index contributed by atoms with van der Waals surface area (Å²) in [7, 11) is 0. The van der Waals surface area contributed by atoms with Crippen molar-refractivity contribution >= 4 is 0 Å². The van der Waals surface area contributed by atoms with Crippen LogP contribution < -0.4 is 0 Å². The van der Waals surface area contributed by atoms with E-state index in [4.69, 9.17) is 71.1 Å². The molecule has 0 aromatic carbocycles. The van der Waals surface area contributed by atoms with Crippen molar-refractivity contribution in [1.82, 2.24) is 0 Å². The molecule has 0 aromatic rings. The third-order valence-electron chi connectivity index (χ3n) is 12.2. The van der Waals surface area contributed by atoms with Crippen LogP contribution in [0.5, 0.6) is 0 Å². The first-order valence-electron chi connectivity index (χ1n) is 19.4. The molecule has 13 unspecified atom stereocenters. The van der Waals surface area contributed by atoms with Crippen molar-refractivity contribution in [2.24, 2.45) is 23.7 Å². The molecule has 17 nitrogen and oxygen atoms in total. The van der Waals surface area contributed by atoms with Crippen molar-refractivity contribution in [2.45, 2.75) is 179 Å². The summed E-state index contributed by atoms with van der Waals surface area (Å²) in [6.07, 6.45) is -12.9. The van der Waals surface area contributed by atoms with Crippen LogP contribution in [-0.4, -0.2) is 160 Å². The molecule has 304 valence electrons. The smallest absolute Gasteiger partial charge is 0.185 e. The molecule has 53 heavy (non-hydrogen) atoms. The number of hydrogen-bond acceptors (Lipinski definition) is 17. The second kappa shape index (κ2) is 15.9. The van der Waals surface area contributed by atoms with Gasteiger partial charge >= 0.3 is 0 Å². The van der Waals surface area contributed by atoms with E-state index < -0.39 is 111 Å². The van der Waals surface area contributed by atoms with Crippen molar-refractivity contribution in [3.63, 3.8) is 0 Å². The highest BCUT2D eigenvalue weighted by Gasteiger charge is 2.57. The highest BCUT2D eigenvalue weighted by molar-refractivity contribution is 4.98. The Balaban J connectivity index is 1.06. The molecule has 0 aromatic heterocycles. The molecule has 24 atom stereocenters. The van der Waals surface area contributed by atoms with Gasteiger partial charge < -0.3 is 81.3 Å². The quantitative estimate of drug-likeness (QED) is 0.391. The lowest BCUT2D eigenvalue weighted by molar-refractivity contribution is -0.423. The zero-order valence-corrected chi connectivity index (χ0v) is 31.7. The monoisotopic (exact) mass is 762 g/mol. The number of aliphatic hydroxyl groups is 2. The molecule has 8 saturated heterocycles. The molecule has 8 aliphatic heterocycles. The van der Waals surface area contributed by atoms with E-state index in [2.05, 4.69) is 0 Å². The molecule has 0 saturated carbocycles. The van der Waals surface area contributed by atoms with Gasteiger partial charge in [-0.15, -0.1) is 0 Å². The van der Waals surface area contributed by atoms with Crippen LogP contribution in [0.2, 0.25) is 0 Å². The molecule has 8 rings (SSSR count). The van der Waals surface area contributed by atoms with E-state index >= 15 is 0 Å². The summed E-state index contributed by atoms with van der Waals surface area (Å²) in [5, 5.41) is 22.7. The van der Waals surface area contributed by atoms with E-state index in [0.717, 1.165) is 0 Å². The summed E-state index contributed by atoms with van der Waals surface area (Å²) in [6, 6.07) is 0. The maximum Gasteiger partial charge on any atom is 0.185 e. The van der Waals surface area contributed by atoms with Gasteiger partial charge in [0.15, 0.2) is 50.3 Å². The molecule has 0 spiro atoms. The second-order valence-electron chi connectivity index (χ2n) is 15.9. The first-order chi connectivity index (χ1) is 25.4. The zero-order valence-electron chi connectivity index (χ0n) is 31.7. The van der Waals surface area contributed by atoms with Crippen LogP contribution in [0, 0.1) is 23.7 Å². The van der Waals surface area contributed by atoms with Gasteiger partial charge in [0.1, 0.15) is 48.8 Å². The lowest BCUT2D eigenvalue weighted by atomic mass is 9.87. The SMILES string of the molecule is CC1OCC2OC(O)C(O[C@@H]3OC4COC(C)O[C@H]4[C@H](C)C3O[C@@H]3OC4COC(C)O[C@H]4[C@H](C)C3O[C@@H]3OC4COC(C)O[C@H]4[C@H](C)C3O)[C@@H](C)[C@@H]2O1. The highest BCUT2D eigenvalue weighted by Crippen LogP contribution is 2.43. The van der Waals surface area contributed by atoms with E-state index in [0.29, 0.717) is 13.2 Å². The number of rotatable bonds is 6. The van der Waals surface area contributed by atoms with Crippen LogP contribution in [0.15, 0.2) is 0 Å². The number of ether oxygens (including phenoxy) is 15. The average molecular weight is 763 g/mol. The summed E-state index contributed by atoms with van der Waals surface area (Å²) in [5.74, 6) is -1.20. The fourth-order valence-corrected chi connectivity index (χ4v) is 9.14. The molecule has 8 fully saturated rings. The second-order valence-corrected chi connectivity index (χ2v) is 15.9. The zero-order chi connectivity index (χ0) is 37.3. The molecule has 0 bridgehead atoms. The number of hydrogen-bond donors (Lipinski definition) is 2. The van der Waals surface area contributed by atoms with Gasteiger partial charge in [0.2, 0.25) is 0 Å². The Morgan fingerprint density at radius 2 is 0.698 bits per heavy atom. The molecule has 8 aliphatic rings. The van der Waals surface area contributed by atoms with Crippen LogP contribution in [0.1, 0.15) is 55.4 Å². The van der Waals surface area contributed by atoms with Gasteiger partial charge in [0.05, 0.1) is 50.8 Å². The molecule has 0 radical (unpaired) electrons. The summed E-state index contributed by atoms with van der Waals surface area (Å²) >= 11 is 0. The lowest BCUT2D eigenvalue weighted by Gasteiger charge is -2.54. The number of aliphatic hydroxyl groups excluding tert-OH is 2. The Hall–Kier alpha value is -0.680. The molecule has 0 aliphatic carbocycles. The fraction of sp³-hybridized carbons (Fsp3) is 1.00. The van der Waals surface area contributed by atoms with Crippen molar-refractivity contribution in [3.8, 4) is 0 Å². The topological polar surface area (TPSA) is 179 Å². The van der Waals surface area contributed by atoms with Crippen molar-refractivity contribution < 1.29 is 81.3 Å². The van der Waals surface area contributed by atoms with Gasteiger partial charge in [0.25, 0.3) is 0 Å². The van der Waals surface area contributed by atoms with Gasteiger partial charge in [0, 0.05) is 23.7 Å². The maximum absolute atomic E-state index is 11.5. The average Bonchev–Trinajstić information content (AvgIpc) is 3.13. The van der Waals surface area contributed by atoms with Crippen LogP contribution in [0.3, 0.4) is 0 Å². The molecular formula is C36H58O17. The first kappa shape index (κ1) is 39.2. The van der Waals surface area contributed by atoms with E-state index in [9.17, 15) is 10.2 Å². The Bertz CT molecular complexity index is 1230.